The first-order valence-corrected chi connectivity index (χ1v) is 6.98. The molecule has 0 bridgehead atoms. The molecule has 0 aliphatic heterocycles. The maximum absolute atomic E-state index is 6.23. The summed E-state index contributed by atoms with van der Waals surface area (Å²) in [5, 5.41) is 0. The minimum Gasteiger partial charge on any atom is -0.374 e. The maximum atomic E-state index is 6.23. The highest BCUT2D eigenvalue weighted by molar-refractivity contribution is 7.11. The van der Waals surface area contributed by atoms with E-state index in [9.17, 15) is 0 Å². The number of thiophene rings is 1. The van der Waals surface area contributed by atoms with Gasteiger partial charge in [-0.25, -0.2) is 0 Å². The van der Waals surface area contributed by atoms with E-state index in [2.05, 4.69) is 19.1 Å². The molecule has 2 N–H and O–H groups in total. The predicted octanol–water partition coefficient (Wildman–Crippen LogP) is 3.10. The summed E-state index contributed by atoms with van der Waals surface area (Å²) in [6.45, 7) is 3.62. The number of nitrogens with two attached hydrogens (primary N) is 1. The van der Waals surface area contributed by atoms with Gasteiger partial charge in [0.2, 0.25) is 0 Å². The Morgan fingerprint density at radius 2 is 2.00 bits per heavy atom. The molecule has 0 unspecified atom stereocenters. The van der Waals surface area contributed by atoms with E-state index in [1.165, 1.54) is 22.6 Å². The van der Waals surface area contributed by atoms with Crippen molar-refractivity contribution in [1.82, 2.24) is 0 Å². The summed E-state index contributed by atoms with van der Waals surface area (Å²) >= 11 is 1.85. The van der Waals surface area contributed by atoms with Crippen LogP contribution in [-0.2, 0) is 17.8 Å². The molecule has 16 heavy (non-hydrogen) atoms. The summed E-state index contributed by atoms with van der Waals surface area (Å²) < 4.78 is 5.75. The number of hydrogen-bond donors (Lipinski definition) is 1. The van der Waals surface area contributed by atoms with Gasteiger partial charge in [0.15, 0.2) is 0 Å². The molecule has 0 amide bonds. The van der Waals surface area contributed by atoms with E-state index in [-0.39, 0.29) is 5.54 Å². The second kappa shape index (κ2) is 5.30. The van der Waals surface area contributed by atoms with Crippen LogP contribution in [0.15, 0.2) is 12.1 Å². The van der Waals surface area contributed by atoms with E-state index in [1.807, 2.05) is 11.3 Å². The molecule has 0 atom stereocenters. The number of rotatable bonds is 5. The molecule has 1 saturated carbocycles. The van der Waals surface area contributed by atoms with E-state index in [0.717, 1.165) is 25.9 Å². The topological polar surface area (TPSA) is 35.2 Å². The molecule has 0 radical (unpaired) electrons. The van der Waals surface area contributed by atoms with Gasteiger partial charge in [0.25, 0.3) is 0 Å². The molecule has 1 aliphatic carbocycles. The molecule has 0 aromatic carbocycles. The molecule has 1 heterocycles. The van der Waals surface area contributed by atoms with Crippen molar-refractivity contribution in [3.63, 3.8) is 0 Å². The van der Waals surface area contributed by atoms with Crippen molar-refractivity contribution < 1.29 is 4.74 Å². The molecular formula is C13H21NOS. The summed E-state index contributed by atoms with van der Waals surface area (Å²) in [7, 11) is 0. The Balaban J connectivity index is 1.75. The molecule has 2 nitrogen and oxygen atoms in total. The second-order valence-electron chi connectivity index (χ2n) is 4.78. The quantitative estimate of drug-likeness (QED) is 0.857. The van der Waals surface area contributed by atoms with Gasteiger partial charge in [-0.05, 0) is 31.4 Å². The van der Waals surface area contributed by atoms with Crippen molar-refractivity contribution in [2.45, 2.75) is 51.2 Å². The van der Waals surface area contributed by atoms with Crippen molar-refractivity contribution in [3.05, 3.63) is 21.9 Å². The van der Waals surface area contributed by atoms with Gasteiger partial charge >= 0.3 is 0 Å². The monoisotopic (exact) mass is 239 g/mol. The molecule has 90 valence electrons. The molecule has 0 spiro atoms. The standard InChI is InChI=1S/C13H21NOS/c1-2-11-5-6-12(16-11)9-15-10-13(14)7-3-4-8-13/h5-6H,2-4,7-10,14H2,1H3. The highest BCUT2D eigenvalue weighted by Crippen LogP contribution is 2.27. The van der Waals surface area contributed by atoms with Crippen LogP contribution in [0.5, 0.6) is 0 Å². The lowest BCUT2D eigenvalue weighted by molar-refractivity contribution is 0.0767. The molecule has 1 aliphatic rings. The van der Waals surface area contributed by atoms with Crippen LogP contribution in [-0.4, -0.2) is 12.1 Å². The van der Waals surface area contributed by atoms with Crippen molar-refractivity contribution in [3.8, 4) is 0 Å². The van der Waals surface area contributed by atoms with Gasteiger partial charge < -0.3 is 10.5 Å². The largest absolute Gasteiger partial charge is 0.374 e. The van der Waals surface area contributed by atoms with Crippen LogP contribution in [0.2, 0.25) is 0 Å². The summed E-state index contributed by atoms with van der Waals surface area (Å²) in [5.41, 5.74) is 6.20. The van der Waals surface area contributed by atoms with Crippen molar-refractivity contribution in [1.29, 1.82) is 0 Å². The first-order chi connectivity index (χ1) is 7.72. The van der Waals surface area contributed by atoms with Crippen LogP contribution < -0.4 is 5.73 Å². The highest BCUT2D eigenvalue weighted by Gasteiger charge is 2.29. The number of aryl methyl sites for hydroxylation is 1. The second-order valence-corrected chi connectivity index (χ2v) is 6.04. The summed E-state index contributed by atoms with van der Waals surface area (Å²) in [6, 6.07) is 4.36. The Labute approximate surface area is 102 Å². The van der Waals surface area contributed by atoms with Gasteiger partial charge in [-0.15, -0.1) is 11.3 Å². The van der Waals surface area contributed by atoms with Gasteiger partial charge in [-0.3, -0.25) is 0 Å². The minimum absolute atomic E-state index is 0.0369. The van der Waals surface area contributed by atoms with E-state index in [0.29, 0.717) is 6.61 Å². The average molecular weight is 239 g/mol. The lowest BCUT2D eigenvalue weighted by atomic mass is 10.0. The fourth-order valence-electron chi connectivity index (χ4n) is 2.27. The Morgan fingerprint density at radius 3 is 2.62 bits per heavy atom. The third kappa shape index (κ3) is 3.06. The Morgan fingerprint density at radius 1 is 1.31 bits per heavy atom. The summed E-state index contributed by atoms with van der Waals surface area (Å²) in [5.74, 6) is 0. The van der Waals surface area contributed by atoms with E-state index >= 15 is 0 Å². The Hall–Kier alpha value is -0.380. The van der Waals surface area contributed by atoms with Crippen LogP contribution >= 0.6 is 11.3 Å². The Kier molecular flexibility index (Phi) is 4.00. The average Bonchev–Trinajstić information content (AvgIpc) is 2.88. The first kappa shape index (κ1) is 12.1. The number of hydrogen-bond acceptors (Lipinski definition) is 3. The molecule has 3 heteroatoms. The van der Waals surface area contributed by atoms with Gasteiger partial charge in [0, 0.05) is 15.3 Å². The lowest BCUT2D eigenvalue weighted by Crippen LogP contribution is -2.41. The fourth-order valence-corrected chi connectivity index (χ4v) is 3.16. The van der Waals surface area contributed by atoms with Crippen LogP contribution in [0.1, 0.15) is 42.4 Å². The van der Waals surface area contributed by atoms with Crippen molar-refractivity contribution in [2.24, 2.45) is 5.73 Å². The van der Waals surface area contributed by atoms with E-state index < -0.39 is 0 Å². The molecular weight excluding hydrogens is 218 g/mol. The van der Waals surface area contributed by atoms with Crippen molar-refractivity contribution in [2.75, 3.05) is 6.61 Å². The van der Waals surface area contributed by atoms with Crippen LogP contribution in [0.4, 0.5) is 0 Å². The molecule has 1 aromatic rings. The van der Waals surface area contributed by atoms with Crippen LogP contribution in [0.3, 0.4) is 0 Å². The molecule has 1 fully saturated rings. The van der Waals surface area contributed by atoms with Gasteiger partial charge in [-0.2, -0.15) is 0 Å². The zero-order valence-electron chi connectivity index (χ0n) is 10.00. The molecule has 0 saturated heterocycles. The number of ether oxygens (including phenoxy) is 1. The zero-order chi connectivity index (χ0) is 11.4. The highest BCUT2D eigenvalue weighted by atomic mass is 32.1. The predicted molar refractivity (Wildman–Crippen MR) is 68.7 cm³/mol. The Bertz CT molecular complexity index is 328. The SMILES string of the molecule is CCc1ccc(COCC2(N)CCCC2)s1. The third-order valence-electron chi connectivity index (χ3n) is 3.30. The first-order valence-electron chi connectivity index (χ1n) is 6.16. The summed E-state index contributed by atoms with van der Waals surface area (Å²) in [6.07, 6.45) is 5.89. The van der Waals surface area contributed by atoms with Gasteiger partial charge in [-0.1, -0.05) is 19.8 Å². The van der Waals surface area contributed by atoms with Crippen molar-refractivity contribution >= 4 is 11.3 Å². The lowest BCUT2D eigenvalue weighted by Gasteiger charge is -2.22. The summed E-state index contributed by atoms with van der Waals surface area (Å²) in [4.78, 5) is 2.75. The van der Waals surface area contributed by atoms with Crippen LogP contribution in [0.25, 0.3) is 0 Å². The molecule has 2 rings (SSSR count). The minimum atomic E-state index is -0.0369. The van der Waals surface area contributed by atoms with Gasteiger partial charge in [0.1, 0.15) is 0 Å². The normalized spacial score (nSPS) is 19.1. The smallest absolute Gasteiger partial charge is 0.0810 e. The van der Waals surface area contributed by atoms with E-state index in [4.69, 9.17) is 10.5 Å². The third-order valence-corrected chi connectivity index (χ3v) is 4.50. The van der Waals surface area contributed by atoms with Gasteiger partial charge in [0.05, 0.1) is 13.2 Å². The fraction of sp³-hybridized carbons (Fsp3) is 0.692. The van der Waals surface area contributed by atoms with Crippen LogP contribution in [0, 0.1) is 0 Å². The molecule has 1 aromatic heterocycles. The van der Waals surface area contributed by atoms with E-state index in [1.54, 1.807) is 0 Å². The zero-order valence-corrected chi connectivity index (χ0v) is 10.8. The maximum Gasteiger partial charge on any atom is 0.0810 e.